The number of aliphatic hydroxyl groups is 2. The highest BCUT2D eigenvalue weighted by Gasteiger charge is 2.24. The van der Waals surface area contributed by atoms with E-state index in [0.29, 0.717) is 19.3 Å². The maximum absolute atomic E-state index is 13.2. The van der Waals surface area contributed by atoms with Crippen molar-refractivity contribution in [1.29, 1.82) is 0 Å². The largest absolute Gasteiger partial charge is 0.462 e. The lowest BCUT2D eigenvalue weighted by Gasteiger charge is -2.24. The Labute approximate surface area is 384 Å². The molecule has 0 saturated heterocycles. The number of allylic oxidation sites excluding steroid dienone is 10. The van der Waals surface area contributed by atoms with Crippen LogP contribution in [0.1, 0.15) is 258 Å². The van der Waals surface area contributed by atoms with Crippen molar-refractivity contribution in [1.82, 2.24) is 5.32 Å². The minimum absolute atomic E-state index is 0.0430. The monoisotopic (exact) mass is 868 g/mol. The third kappa shape index (κ3) is 44.2. The van der Waals surface area contributed by atoms with E-state index in [9.17, 15) is 19.8 Å². The second kappa shape index (κ2) is 49.6. The van der Waals surface area contributed by atoms with Gasteiger partial charge in [-0.3, -0.25) is 9.59 Å². The van der Waals surface area contributed by atoms with Crippen LogP contribution in [0, 0.1) is 0 Å². The van der Waals surface area contributed by atoms with E-state index < -0.39 is 18.2 Å². The molecule has 6 nitrogen and oxygen atoms in total. The quantitative estimate of drug-likeness (QED) is 0.0322. The third-order valence-electron chi connectivity index (χ3n) is 11.8. The van der Waals surface area contributed by atoms with Crippen LogP contribution in [-0.2, 0) is 14.3 Å². The molecule has 0 aromatic rings. The van der Waals surface area contributed by atoms with Crippen molar-refractivity contribution in [3.63, 3.8) is 0 Å². The molecule has 0 saturated carbocycles. The molecule has 0 rings (SSSR count). The second-order valence-corrected chi connectivity index (χ2v) is 17.9. The van der Waals surface area contributed by atoms with Crippen LogP contribution in [-0.4, -0.2) is 46.9 Å². The van der Waals surface area contributed by atoms with E-state index in [2.05, 4.69) is 86.8 Å². The van der Waals surface area contributed by atoms with Gasteiger partial charge >= 0.3 is 5.97 Å². The third-order valence-corrected chi connectivity index (χ3v) is 11.8. The van der Waals surface area contributed by atoms with Crippen LogP contribution in [0.25, 0.3) is 0 Å². The molecule has 0 radical (unpaired) electrons. The summed E-state index contributed by atoms with van der Waals surface area (Å²) < 4.78 is 5.90. The van der Waals surface area contributed by atoms with Crippen molar-refractivity contribution in [3.05, 3.63) is 60.8 Å². The predicted octanol–water partition coefficient (Wildman–Crippen LogP) is 16.0. The number of unbranched alkanes of at least 4 members (excludes halogenated alkanes) is 25. The van der Waals surface area contributed by atoms with Crippen LogP contribution < -0.4 is 5.32 Å². The van der Waals surface area contributed by atoms with Gasteiger partial charge in [-0.25, -0.2) is 0 Å². The molecule has 3 atom stereocenters. The molecule has 3 N–H and O–H groups in total. The van der Waals surface area contributed by atoms with E-state index in [-0.39, 0.29) is 24.9 Å². The summed E-state index contributed by atoms with van der Waals surface area (Å²) in [7, 11) is 0. The Morgan fingerprint density at radius 1 is 0.484 bits per heavy atom. The van der Waals surface area contributed by atoms with Gasteiger partial charge in [-0.1, -0.05) is 223 Å². The van der Waals surface area contributed by atoms with E-state index >= 15 is 0 Å². The highest BCUT2D eigenvalue weighted by molar-refractivity contribution is 5.77. The molecule has 1 amide bonds. The van der Waals surface area contributed by atoms with Gasteiger partial charge in [0.05, 0.1) is 25.2 Å². The van der Waals surface area contributed by atoms with Gasteiger partial charge in [-0.2, -0.15) is 0 Å². The topological polar surface area (TPSA) is 95.9 Å². The lowest BCUT2D eigenvalue weighted by Crippen LogP contribution is -2.46. The van der Waals surface area contributed by atoms with Gasteiger partial charge in [0, 0.05) is 6.42 Å². The maximum Gasteiger partial charge on any atom is 0.306 e. The number of esters is 1. The molecule has 360 valence electrons. The average Bonchev–Trinajstić information content (AvgIpc) is 3.26. The molecule has 0 bridgehead atoms. The van der Waals surface area contributed by atoms with Crippen LogP contribution in [0.2, 0.25) is 0 Å². The average molecular weight is 868 g/mol. The van der Waals surface area contributed by atoms with E-state index in [1.54, 1.807) is 0 Å². The van der Waals surface area contributed by atoms with Gasteiger partial charge in [-0.15, -0.1) is 0 Å². The van der Waals surface area contributed by atoms with Gasteiger partial charge in [0.25, 0.3) is 0 Å². The molecule has 62 heavy (non-hydrogen) atoms. The van der Waals surface area contributed by atoms with Crippen molar-refractivity contribution < 1.29 is 24.5 Å². The van der Waals surface area contributed by atoms with Crippen LogP contribution >= 0.6 is 0 Å². The minimum atomic E-state index is -0.801. The summed E-state index contributed by atoms with van der Waals surface area (Å²) in [5.41, 5.74) is 0. The van der Waals surface area contributed by atoms with Gasteiger partial charge in [0.2, 0.25) is 5.91 Å². The van der Waals surface area contributed by atoms with E-state index in [0.717, 1.165) is 89.9 Å². The Morgan fingerprint density at radius 3 is 1.37 bits per heavy atom. The molecule has 0 aliphatic heterocycles. The summed E-state index contributed by atoms with van der Waals surface area (Å²) in [4.78, 5) is 26.1. The SMILES string of the molecule is CC/C=C/C/C=C/C/C=C/C/C=C/CCCCCC(=O)OC(CCC/C=C\CCCCCCCC)CC(=O)NC(CO)C(O)CCCCCCCCCCCCCCCCCC. The number of hydrogen-bond acceptors (Lipinski definition) is 5. The molecule has 0 aliphatic rings. The summed E-state index contributed by atoms with van der Waals surface area (Å²) in [5.74, 6) is -0.538. The first-order chi connectivity index (χ1) is 30.5. The molecule has 3 unspecified atom stereocenters. The van der Waals surface area contributed by atoms with Crippen LogP contribution in [0.4, 0.5) is 0 Å². The van der Waals surface area contributed by atoms with E-state index in [4.69, 9.17) is 4.74 Å². The van der Waals surface area contributed by atoms with Crippen LogP contribution in [0.3, 0.4) is 0 Å². The van der Waals surface area contributed by atoms with Gasteiger partial charge in [-0.05, 0) is 83.5 Å². The Kier molecular flexibility index (Phi) is 47.6. The number of carbonyl (C=O) groups is 2. The minimum Gasteiger partial charge on any atom is -0.462 e. The van der Waals surface area contributed by atoms with E-state index in [1.807, 2.05) is 0 Å². The molecule has 0 aromatic heterocycles. The number of carbonyl (C=O) groups excluding carboxylic acids is 2. The maximum atomic E-state index is 13.2. The fourth-order valence-electron chi connectivity index (χ4n) is 7.83. The van der Waals surface area contributed by atoms with Crippen LogP contribution in [0.5, 0.6) is 0 Å². The van der Waals surface area contributed by atoms with Crippen molar-refractivity contribution >= 4 is 11.9 Å². The number of nitrogens with one attached hydrogen (secondary N) is 1. The lowest BCUT2D eigenvalue weighted by atomic mass is 10.0. The fraction of sp³-hybridized carbons (Fsp3) is 0.786. The Morgan fingerprint density at radius 2 is 0.887 bits per heavy atom. The van der Waals surface area contributed by atoms with Crippen molar-refractivity contribution in [2.45, 2.75) is 277 Å². The highest BCUT2D eigenvalue weighted by atomic mass is 16.5. The smallest absolute Gasteiger partial charge is 0.306 e. The fourth-order valence-corrected chi connectivity index (χ4v) is 7.83. The number of ether oxygens (including phenoxy) is 1. The Hall–Kier alpha value is -2.44. The standard InChI is InChI=1S/C56H101NO5/c1-4-7-10-13-16-19-22-24-26-28-30-33-36-39-42-45-48-54(59)53(51-58)57-55(60)50-52(47-44-41-38-35-32-21-18-15-12-9-6-3)62-56(61)49-46-43-40-37-34-31-29-27-25-23-20-17-14-11-8-5-2/h8,11,17,20,25,27,31,34-35,38,52-54,58-59H,4-7,9-10,12-16,18-19,21-24,26,28-30,32-33,36-37,39-51H2,1-3H3,(H,57,60)/b11-8+,20-17+,27-25+,34-31+,38-35-. The molecule has 0 aliphatic carbocycles. The summed E-state index contributed by atoms with van der Waals surface area (Å²) in [6.45, 7) is 6.35. The number of rotatable bonds is 47. The summed E-state index contributed by atoms with van der Waals surface area (Å²) in [6, 6.07) is -0.717. The molecule has 0 spiro atoms. The van der Waals surface area contributed by atoms with Crippen molar-refractivity contribution in [2.24, 2.45) is 0 Å². The molecule has 0 aromatic carbocycles. The first-order valence-corrected chi connectivity index (χ1v) is 26.5. The number of amides is 1. The van der Waals surface area contributed by atoms with Crippen LogP contribution in [0.15, 0.2) is 60.8 Å². The zero-order chi connectivity index (χ0) is 45.2. The summed E-state index contributed by atoms with van der Waals surface area (Å²) in [6.07, 6.45) is 61.4. The second-order valence-electron chi connectivity index (χ2n) is 17.9. The molecular formula is C56H101NO5. The van der Waals surface area contributed by atoms with Gasteiger partial charge in [0.1, 0.15) is 6.10 Å². The summed E-state index contributed by atoms with van der Waals surface area (Å²) >= 11 is 0. The number of hydrogen-bond donors (Lipinski definition) is 3. The van der Waals surface area contributed by atoms with Crippen molar-refractivity contribution in [3.8, 4) is 0 Å². The zero-order valence-electron chi connectivity index (χ0n) is 41.0. The zero-order valence-corrected chi connectivity index (χ0v) is 41.0. The predicted molar refractivity (Wildman–Crippen MR) is 268 cm³/mol. The van der Waals surface area contributed by atoms with Gasteiger partial charge in [0.15, 0.2) is 0 Å². The Bertz CT molecular complexity index is 1110. The first-order valence-electron chi connectivity index (χ1n) is 26.5. The lowest BCUT2D eigenvalue weighted by molar-refractivity contribution is -0.151. The van der Waals surface area contributed by atoms with Gasteiger partial charge < -0.3 is 20.3 Å². The molecule has 0 heterocycles. The molecular weight excluding hydrogens is 767 g/mol. The van der Waals surface area contributed by atoms with E-state index in [1.165, 1.54) is 122 Å². The normalized spacial score (nSPS) is 13.7. The molecule has 6 heteroatoms. The summed E-state index contributed by atoms with van der Waals surface area (Å²) in [5, 5.41) is 23.8. The number of aliphatic hydroxyl groups excluding tert-OH is 2. The Balaban J connectivity index is 4.57. The van der Waals surface area contributed by atoms with Crippen molar-refractivity contribution in [2.75, 3.05) is 6.61 Å². The molecule has 0 fully saturated rings. The highest BCUT2D eigenvalue weighted by Crippen LogP contribution is 2.17. The first kappa shape index (κ1) is 59.6.